The zero-order valence-electron chi connectivity index (χ0n) is 8.90. The third-order valence-electron chi connectivity index (χ3n) is 2.87. The quantitative estimate of drug-likeness (QED) is 0.713. The number of hydrogen-bond donors (Lipinski definition) is 1. The van der Waals surface area contributed by atoms with Crippen LogP contribution in [0.2, 0.25) is 0 Å². The normalized spacial score (nSPS) is 36.8. The minimum absolute atomic E-state index is 0.304. The zero-order valence-corrected chi connectivity index (χ0v) is 9.72. The van der Waals surface area contributed by atoms with Crippen LogP contribution in [0.5, 0.6) is 0 Å². The third kappa shape index (κ3) is 1.97. The van der Waals surface area contributed by atoms with E-state index in [1.165, 1.54) is 12.2 Å². The van der Waals surface area contributed by atoms with Crippen LogP contribution in [0.15, 0.2) is 0 Å². The Morgan fingerprint density at radius 1 is 1.42 bits per heavy atom. The molecule has 0 amide bonds. The van der Waals surface area contributed by atoms with E-state index in [1.807, 2.05) is 0 Å². The summed E-state index contributed by atoms with van der Waals surface area (Å²) in [4.78, 5) is 0.304. The summed E-state index contributed by atoms with van der Waals surface area (Å²) in [7, 11) is 0. The lowest BCUT2D eigenvalue weighted by molar-refractivity contribution is 0.299. The molecule has 1 saturated heterocycles. The lowest BCUT2D eigenvalue weighted by Crippen LogP contribution is -2.48. The largest absolute Gasteiger partial charge is 0.297 e. The second kappa shape index (κ2) is 3.22. The van der Waals surface area contributed by atoms with Gasteiger partial charge in [0.15, 0.2) is 0 Å². The molecule has 0 aromatic heterocycles. The summed E-state index contributed by atoms with van der Waals surface area (Å²) in [6.07, 6.45) is 1.26. The summed E-state index contributed by atoms with van der Waals surface area (Å²) in [6.45, 7) is 11.5. The molecule has 1 rings (SSSR count). The summed E-state index contributed by atoms with van der Waals surface area (Å²) >= 11 is 2.07. The highest BCUT2D eigenvalue weighted by Gasteiger charge is 2.42. The molecule has 1 nitrogen and oxygen atoms in total. The molecule has 2 atom stereocenters. The van der Waals surface area contributed by atoms with Gasteiger partial charge in [0, 0.05) is 11.3 Å². The van der Waals surface area contributed by atoms with Crippen LogP contribution in [0.1, 0.15) is 41.0 Å². The summed E-state index contributed by atoms with van der Waals surface area (Å²) < 4.78 is 0. The van der Waals surface area contributed by atoms with Crippen molar-refractivity contribution < 1.29 is 0 Å². The zero-order chi connectivity index (χ0) is 9.41. The van der Waals surface area contributed by atoms with Crippen molar-refractivity contribution in [2.75, 3.05) is 5.75 Å². The SMILES string of the molecule is CCC(C)C1(C)NC(C)(C)CS1. The summed E-state index contributed by atoms with van der Waals surface area (Å²) in [5.41, 5.74) is 0.322. The molecular formula is C10H21NS. The Bertz CT molecular complexity index is 167. The molecule has 1 N–H and O–H groups in total. The molecule has 72 valence electrons. The van der Waals surface area contributed by atoms with Gasteiger partial charge in [0.1, 0.15) is 0 Å². The topological polar surface area (TPSA) is 12.0 Å². The molecule has 12 heavy (non-hydrogen) atoms. The Labute approximate surface area is 80.7 Å². The maximum atomic E-state index is 3.72. The van der Waals surface area contributed by atoms with Crippen LogP contribution in [0.25, 0.3) is 0 Å². The Morgan fingerprint density at radius 3 is 2.33 bits per heavy atom. The molecular weight excluding hydrogens is 166 g/mol. The van der Waals surface area contributed by atoms with E-state index in [0.717, 1.165) is 5.92 Å². The Morgan fingerprint density at radius 2 is 2.00 bits per heavy atom. The molecule has 2 heteroatoms. The smallest absolute Gasteiger partial charge is 0.0647 e. The number of nitrogens with one attached hydrogen (secondary N) is 1. The van der Waals surface area contributed by atoms with E-state index in [1.54, 1.807) is 0 Å². The van der Waals surface area contributed by atoms with Crippen molar-refractivity contribution in [1.82, 2.24) is 5.32 Å². The first-order valence-corrected chi connectivity index (χ1v) is 5.81. The van der Waals surface area contributed by atoms with Crippen molar-refractivity contribution in [2.45, 2.75) is 51.4 Å². The number of hydrogen-bond acceptors (Lipinski definition) is 2. The molecule has 0 aliphatic carbocycles. The molecule has 0 spiro atoms. The van der Waals surface area contributed by atoms with E-state index in [9.17, 15) is 0 Å². The fourth-order valence-electron chi connectivity index (χ4n) is 1.73. The van der Waals surface area contributed by atoms with Crippen molar-refractivity contribution in [3.8, 4) is 0 Å². The van der Waals surface area contributed by atoms with Gasteiger partial charge in [-0.1, -0.05) is 20.3 Å². The van der Waals surface area contributed by atoms with Gasteiger partial charge in [-0.3, -0.25) is 5.32 Å². The first-order valence-electron chi connectivity index (χ1n) is 4.83. The van der Waals surface area contributed by atoms with Gasteiger partial charge in [-0.15, -0.1) is 11.8 Å². The van der Waals surface area contributed by atoms with Gasteiger partial charge in [0.05, 0.1) is 4.87 Å². The van der Waals surface area contributed by atoms with Gasteiger partial charge in [0.25, 0.3) is 0 Å². The van der Waals surface area contributed by atoms with Gasteiger partial charge >= 0.3 is 0 Å². The van der Waals surface area contributed by atoms with Gasteiger partial charge < -0.3 is 0 Å². The molecule has 0 radical (unpaired) electrons. The summed E-state index contributed by atoms with van der Waals surface area (Å²) in [6, 6.07) is 0. The molecule has 1 aliphatic heterocycles. The predicted octanol–water partition coefficient (Wildman–Crippen LogP) is 2.86. The fraction of sp³-hybridized carbons (Fsp3) is 1.00. The van der Waals surface area contributed by atoms with Crippen molar-refractivity contribution in [3.63, 3.8) is 0 Å². The molecule has 0 saturated carbocycles. The Hall–Kier alpha value is 0.310. The van der Waals surface area contributed by atoms with Gasteiger partial charge in [-0.2, -0.15) is 0 Å². The highest BCUT2D eigenvalue weighted by atomic mass is 32.2. The second-order valence-electron chi connectivity index (χ2n) is 4.71. The Balaban J connectivity index is 2.64. The minimum Gasteiger partial charge on any atom is -0.297 e. The maximum absolute atomic E-state index is 3.72. The standard InChI is InChI=1S/C10H21NS/c1-6-8(2)10(5)11-9(3,4)7-12-10/h8,11H,6-7H2,1-5H3. The average Bonchev–Trinajstić information content (AvgIpc) is 2.25. The first kappa shape index (κ1) is 10.4. The fourth-order valence-corrected chi connectivity index (χ4v) is 3.26. The molecule has 1 heterocycles. The van der Waals surface area contributed by atoms with Crippen molar-refractivity contribution in [3.05, 3.63) is 0 Å². The molecule has 1 fully saturated rings. The van der Waals surface area contributed by atoms with Crippen LogP contribution >= 0.6 is 11.8 Å². The van der Waals surface area contributed by atoms with Crippen LogP contribution in [0.3, 0.4) is 0 Å². The van der Waals surface area contributed by atoms with E-state index in [0.29, 0.717) is 10.4 Å². The van der Waals surface area contributed by atoms with E-state index in [4.69, 9.17) is 0 Å². The van der Waals surface area contributed by atoms with Crippen LogP contribution in [-0.2, 0) is 0 Å². The molecule has 0 bridgehead atoms. The van der Waals surface area contributed by atoms with Crippen LogP contribution in [0.4, 0.5) is 0 Å². The number of rotatable bonds is 2. The second-order valence-corrected chi connectivity index (χ2v) is 6.14. The van der Waals surface area contributed by atoms with Crippen LogP contribution < -0.4 is 5.32 Å². The van der Waals surface area contributed by atoms with Crippen molar-refractivity contribution >= 4 is 11.8 Å². The van der Waals surface area contributed by atoms with Gasteiger partial charge in [-0.25, -0.2) is 0 Å². The molecule has 0 aromatic rings. The minimum atomic E-state index is 0.304. The first-order chi connectivity index (χ1) is 5.40. The highest BCUT2D eigenvalue weighted by molar-refractivity contribution is 8.00. The van der Waals surface area contributed by atoms with Crippen molar-refractivity contribution in [2.24, 2.45) is 5.92 Å². The molecule has 0 aromatic carbocycles. The Kier molecular flexibility index (Phi) is 2.79. The summed E-state index contributed by atoms with van der Waals surface area (Å²) in [5, 5.41) is 3.72. The van der Waals surface area contributed by atoms with E-state index in [-0.39, 0.29) is 0 Å². The predicted molar refractivity (Wildman–Crippen MR) is 57.5 cm³/mol. The van der Waals surface area contributed by atoms with E-state index >= 15 is 0 Å². The average molecular weight is 187 g/mol. The lowest BCUT2D eigenvalue weighted by atomic mass is 9.97. The maximum Gasteiger partial charge on any atom is 0.0647 e. The van der Waals surface area contributed by atoms with E-state index in [2.05, 4.69) is 51.7 Å². The third-order valence-corrected chi connectivity index (χ3v) is 4.84. The monoisotopic (exact) mass is 187 g/mol. The molecule has 2 unspecified atom stereocenters. The molecule has 1 aliphatic rings. The highest BCUT2D eigenvalue weighted by Crippen LogP contribution is 2.41. The van der Waals surface area contributed by atoms with Gasteiger partial charge in [0.2, 0.25) is 0 Å². The van der Waals surface area contributed by atoms with E-state index < -0.39 is 0 Å². The van der Waals surface area contributed by atoms with Crippen molar-refractivity contribution in [1.29, 1.82) is 0 Å². The summed E-state index contributed by atoms with van der Waals surface area (Å²) in [5.74, 6) is 1.98. The van der Waals surface area contributed by atoms with Crippen LogP contribution in [-0.4, -0.2) is 16.2 Å². The van der Waals surface area contributed by atoms with Gasteiger partial charge in [-0.05, 0) is 26.7 Å². The van der Waals surface area contributed by atoms with Crippen LogP contribution in [0, 0.1) is 5.92 Å². The number of thioether (sulfide) groups is 1. The lowest BCUT2D eigenvalue weighted by Gasteiger charge is -2.33.